The Morgan fingerprint density at radius 1 is 0.738 bits per heavy atom. The van der Waals surface area contributed by atoms with Crippen molar-refractivity contribution in [2.45, 2.75) is 64.6 Å². The van der Waals surface area contributed by atoms with E-state index in [1.807, 2.05) is 0 Å². The third-order valence-electron chi connectivity index (χ3n) is 10.1. The zero-order valence-corrected chi connectivity index (χ0v) is 30.3. The molecule has 3 aromatic carbocycles. The number of allylic oxidation sites excluding steroid dienone is 4. The first-order chi connectivity index (χ1) is 19.1. The normalized spacial score (nSPS) is 17.7. The van der Waals surface area contributed by atoms with Crippen LogP contribution in [-0.4, -0.2) is 14.9 Å². The molecule has 0 fully saturated rings. The Balaban J connectivity index is 0.00000161. The van der Waals surface area contributed by atoms with Gasteiger partial charge in [-0.15, -0.1) is 0 Å². The van der Waals surface area contributed by atoms with Gasteiger partial charge in [0.25, 0.3) is 0 Å². The van der Waals surface area contributed by atoms with Gasteiger partial charge in [0.2, 0.25) is 0 Å². The number of benzene rings is 3. The molecule has 0 spiro atoms. The summed E-state index contributed by atoms with van der Waals surface area (Å²) in [6.07, 6.45) is 11.4. The van der Waals surface area contributed by atoms with Crippen molar-refractivity contribution in [3.8, 4) is 11.1 Å². The summed E-state index contributed by atoms with van der Waals surface area (Å²) in [7, 11) is -1.61. The van der Waals surface area contributed by atoms with Gasteiger partial charge in [0.15, 0.2) is 8.32 Å². The first kappa shape index (κ1) is 35.0. The van der Waals surface area contributed by atoms with Crippen LogP contribution in [0.15, 0.2) is 97.1 Å². The van der Waals surface area contributed by atoms with E-state index in [2.05, 4.69) is 125 Å². The van der Waals surface area contributed by atoms with E-state index in [0.29, 0.717) is 11.8 Å². The Bertz CT molecular complexity index is 1520. The van der Waals surface area contributed by atoms with Gasteiger partial charge in [0.1, 0.15) is 0 Å². The van der Waals surface area contributed by atoms with E-state index in [1.54, 1.807) is 5.57 Å². The van der Waals surface area contributed by atoms with E-state index in [4.69, 9.17) is 4.43 Å². The van der Waals surface area contributed by atoms with Gasteiger partial charge in [-0.25, -0.2) is 0 Å². The number of rotatable bonds is 10. The van der Waals surface area contributed by atoms with Crippen LogP contribution in [0.4, 0.5) is 0 Å². The summed E-state index contributed by atoms with van der Waals surface area (Å²) in [6, 6.07) is 31.1. The molecule has 3 aliphatic carbocycles. The van der Waals surface area contributed by atoms with Crippen LogP contribution in [0.1, 0.15) is 57.6 Å². The molecule has 0 radical (unpaired) electrons. The average molecular weight is 693 g/mol. The van der Waals surface area contributed by atoms with Crippen molar-refractivity contribution >= 4 is 19.5 Å². The summed E-state index contributed by atoms with van der Waals surface area (Å²) in [5.74, 6) is 0.644. The van der Waals surface area contributed by atoms with Gasteiger partial charge < -0.3 is 29.2 Å². The third-order valence-corrected chi connectivity index (χ3v) is 14.8. The van der Waals surface area contributed by atoms with E-state index in [1.165, 1.54) is 56.4 Å². The van der Waals surface area contributed by atoms with Gasteiger partial charge in [0.05, 0.1) is 0 Å². The van der Waals surface area contributed by atoms with Crippen molar-refractivity contribution in [3.63, 3.8) is 0 Å². The largest absolute Gasteiger partial charge is 2.00 e. The summed E-state index contributed by atoms with van der Waals surface area (Å²) >= 11 is 0. The van der Waals surface area contributed by atoms with Crippen LogP contribution in [-0.2, 0) is 30.6 Å². The van der Waals surface area contributed by atoms with Crippen LogP contribution in [0.2, 0.25) is 18.1 Å². The predicted octanol–water partition coefficient (Wildman–Crippen LogP) is 2.37. The maximum atomic E-state index is 6.81. The standard InChI is InChI=1S/C37H42OSi.2ClH.Zr/c1-5-39(6-2,7-3)38-26-16-25-37(4,35-31-21-12-8-17-27(31)28-18-9-13-22-32(28)35)36-33-23-14-10-19-29(33)30-20-11-15-24-34(30)36;;;/h8-15,17-24,31,36H,5-7,16,25-26H2,1-4H3;2*1H;/q;;;+2/p-2. The Morgan fingerprint density at radius 3 is 1.88 bits per heavy atom. The maximum absolute atomic E-state index is 6.81. The van der Waals surface area contributed by atoms with Crippen molar-refractivity contribution in [2.75, 3.05) is 6.61 Å². The molecule has 0 bridgehead atoms. The third kappa shape index (κ3) is 5.82. The number of halogens is 2. The number of hydrogen-bond donors (Lipinski definition) is 0. The van der Waals surface area contributed by atoms with Crippen molar-refractivity contribution in [2.24, 2.45) is 11.3 Å². The van der Waals surface area contributed by atoms with E-state index in [9.17, 15) is 0 Å². The van der Waals surface area contributed by atoms with Gasteiger partial charge in [-0.2, -0.15) is 0 Å². The van der Waals surface area contributed by atoms with Crippen molar-refractivity contribution in [3.05, 3.63) is 119 Å². The molecule has 0 aromatic heterocycles. The minimum atomic E-state index is -1.61. The molecule has 3 aromatic rings. The van der Waals surface area contributed by atoms with Crippen LogP contribution in [0.25, 0.3) is 22.3 Å². The Kier molecular flexibility index (Phi) is 12.1. The van der Waals surface area contributed by atoms with Gasteiger partial charge in [0, 0.05) is 23.9 Å². The van der Waals surface area contributed by atoms with Crippen LogP contribution >= 0.6 is 0 Å². The zero-order chi connectivity index (χ0) is 27.0. The fourth-order valence-corrected chi connectivity index (χ4v) is 10.6. The van der Waals surface area contributed by atoms with Gasteiger partial charge >= 0.3 is 26.2 Å². The smallest absolute Gasteiger partial charge is 1.00 e. The van der Waals surface area contributed by atoms with Gasteiger partial charge in [-0.3, -0.25) is 0 Å². The number of fused-ring (bicyclic) bond motifs is 5. The maximum Gasteiger partial charge on any atom is 2.00 e. The minimum Gasteiger partial charge on any atom is -1.00 e. The first-order valence-corrected chi connectivity index (χ1v) is 17.6. The molecule has 0 N–H and O–H groups in total. The number of hydrogen-bond acceptors (Lipinski definition) is 1. The summed E-state index contributed by atoms with van der Waals surface area (Å²) in [4.78, 5) is 0. The van der Waals surface area contributed by atoms with Crippen molar-refractivity contribution in [1.29, 1.82) is 0 Å². The van der Waals surface area contributed by atoms with Gasteiger partial charge in [-0.1, -0.05) is 125 Å². The topological polar surface area (TPSA) is 9.23 Å². The molecule has 6 rings (SSSR count). The first-order valence-electron chi connectivity index (χ1n) is 15.1. The monoisotopic (exact) mass is 690 g/mol. The molecule has 3 aliphatic rings. The van der Waals surface area contributed by atoms with E-state index in [0.717, 1.165) is 19.4 Å². The molecular formula is C37H42Cl2OSiZr. The van der Waals surface area contributed by atoms with E-state index < -0.39 is 8.32 Å². The van der Waals surface area contributed by atoms with Crippen LogP contribution < -0.4 is 35.3 Å². The van der Waals surface area contributed by atoms with E-state index in [-0.39, 0.29) is 56.4 Å². The molecular weight excluding hydrogens is 651 g/mol. The van der Waals surface area contributed by atoms with Crippen molar-refractivity contribution in [1.82, 2.24) is 0 Å². The second-order valence-electron chi connectivity index (χ2n) is 11.9. The minimum absolute atomic E-state index is 0. The molecule has 0 heterocycles. The summed E-state index contributed by atoms with van der Waals surface area (Å²) in [5, 5.41) is 2.85. The fourth-order valence-electron chi connectivity index (χ4n) is 7.91. The molecule has 0 aliphatic heterocycles. The van der Waals surface area contributed by atoms with Crippen LogP contribution in [0.5, 0.6) is 0 Å². The Labute approximate surface area is 285 Å². The quantitative estimate of drug-likeness (QED) is 0.235. The van der Waals surface area contributed by atoms with Crippen LogP contribution in [0.3, 0.4) is 0 Å². The molecule has 42 heavy (non-hydrogen) atoms. The molecule has 218 valence electrons. The average Bonchev–Trinajstić information content (AvgIpc) is 3.52. The molecule has 2 unspecified atom stereocenters. The molecule has 2 atom stereocenters. The molecule has 0 amide bonds. The van der Waals surface area contributed by atoms with E-state index >= 15 is 0 Å². The second kappa shape index (κ2) is 14.5. The van der Waals surface area contributed by atoms with Gasteiger partial charge in [-0.05, 0) is 74.8 Å². The predicted molar refractivity (Wildman–Crippen MR) is 168 cm³/mol. The molecule has 0 saturated carbocycles. The SMILES string of the molecule is CC[Si](CC)(CC)OCCCC(C)(C1=c2ccccc2=C2C=CC=CC21)C1c2ccccc2-c2ccccc21.[Cl-].[Cl-].[Zr+2]. The summed E-state index contributed by atoms with van der Waals surface area (Å²) in [6.45, 7) is 10.4. The molecule has 5 heteroatoms. The van der Waals surface area contributed by atoms with Crippen LogP contribution in [0, 0.1) is 11.3 Å². The molecule has 0 saturated heterocycles. The zero-order valence-electron chi connectivity index (χ0n) is 25.3. The fraction of sp³-hybridized carbons (Fsp3) is 0.351. The Hall–Kier alpha value is -1.48. The summed E-state index contributed by atoms with van der Waals surface area (Å²) < 4.78 is 6.81. The van der Waals surface area contributed by atoms with Crippen molar-refractivity contribution < 1.29 is 55.4 Å². The Morgan fingerprint density at radius 2 is 1.29 bits per heavy atom. The molecule has 1 nitrogen and oxygen atoms in total. The second-order valence-corrected chi connectivity index (χ2v) is 16.6. The summed E-state index contributed by atoms with van der Waals surface area (Å²) in [5.41, 5.74) is 8.77.